The predicted molar refractivity (Wildman–Crippen MR) is 539 cm³/mol. The fourth-order valence-corrected chi connectivity index (χ4v) is 17.7. The van der Waals surface area contributed by atoms with Crippen LogP contribution in [0.5, 0.6) is 5.75 Å². The number of aromatic amines is 2. The van der Waals surface area contributed by atoms with E-state index < -0.39 is 236 Å². The lowest BCUT2D eigenvalue weighted by Crippen LogP contribution is -2.62. The fourth-order valence-electron chi connectivity index (χ4n) is 16.1. The molecule has 0 saturated carbocycles. The number of hydrogen-bond acceptors (Lipinski definition) is 29. The zero-order chi connectivity index (χ0) is 108. The largest absolute Gasteiger partial charge is 0.508 e. The molecule has 7 rings (SSSR count). The van der Waals surface area contributed by atoms with Crippen molar-refractivity contribution >= 4 is 129 Å². The summed E-state index contributed by atoms with van der Waals surface area (Å²) >= 11 is 1.84. The number of para-hydroxylation sites is 1. The molecular formula is C98H146N22O27S. The number of aliphatic carboxylic acids is 1. The van der Waals surface area contributed by atoms with Crippen molar-refractivity contribution < 1.29 is 131 Å². The van der Waals surface area contributed by atoms with E-state index in [1.54, 1.807) is 88.5 Å². The molecule has 18 atom stereocenters. The number of imidazole rings is 1. The third-order valence-corrected chi connectivity index (χ3v) is 25.6. The van der Waals surface area contributed by atoms with E-state index in [9.17, 15) is 92.7 Å². The van der Waals surface area contributed by atoms with Gasteiger partial charge in [0.25, 0.3) is 0 Å². The van der Waals surface area contributed by atoms with E-state index in [-0.39, 0.29) is 119 Å². The normalized spacial score (nSPS) is 16.7. The van der Waals surface area contributed by atoms with Crippen LogP contribution in [-0.4, -0.2) is 333 Å². The van der Waals surface area contributed by atoms with Crippen molar-refractivity contribution in [2.24, 2.45) is 29.0 Å². The number of benzene rings is 3. The Hall–Kier alpha value is -13.5. The zero-order valence-corrected chi connectivity index (χ0v) is 85.1. The first-order valence-electron chi connectivity index (χ1n) is 49.6. The van der Waals surface area contributed by atoms with E-state index >= 15 is 19.2 Å². The fraction of sp³-hybridized carbons (Fsp3) is 0.582. The molecule has 29 N–H and O–H groups in total. The van der Waals surface area contributed by atoms with Gasteiger partial charge in [-0.1, -0.05) is 94.8 Å². The van der Waals surface area contributed by atoms with Crippen LogP contribution >= 0.6 is 11.8 Å². The van der Waals surface area contributed by atoms with Gasteiger partial charge >= 0.3 is 12.0 Å². The molecule has 148 heavy (non-hydrogen) atoms. The molecule has 3 aromatic carbocycles. The third kappa shape index (κ3) is 43.1. The Morgan fingerprint density at radius 3 is 1.49 bits per heavy atom. The number of carboxylic acid groups (broad SMARTS) is 1. The number of aromatic nitrogens is 3. The highest BCUT2D eigenvalue weighted by Gasteiger charge is 2.44. The summed E-state index contributed by atoms with van der Waals surface area (Å²) in [6, 6.07) is -0.861. The number of aliphatic hydroxyl groups is 3. The molecule has 2 aromatic heterocycles. The number of primary amides is 2. The summed E-state index contributed by atoms with van der Waals surface area (Å²) in [6.07, 6.45) is 0.426. The molecule has 2 fully saturated rings. The van der Waals surface area contributed by atoms with E-state index in [0.717, 1.165) is 31.9 Å². The van der Waals surface area contributed by atoms with Crippen LogP contribution in [0.1, 0.15) is 161 Å². The van der Waals surface area contributed by atoms with Crippen LogP contribution in [0, 0.1) is 11.8 Å². The molecule has 816 valence electrons. The molecule has 0 bridgehead atoms. The summed E-state index contributed by atoms with van der Waals surface area (Å²) in [6.45, 7) is 11.6. The maximum atomic E-state index is 15.4. The zero-order valence-electron chi connectivity index (χ0n) is 84.3. The molecule has 4 heterocycles. The van der Waals surface area contributed by atoms with Gasteiger partial charge in [0.05, 0.1) is 95.8 Å². The van der Waals surface area contributed by atoms with E-state index in [4.69, 9.17) is 36.1 Å². The number of rotatable bonds is 71. The number of H-pyrrole nitrogens is 2. The number of hydrogen-bond donors (Lipinski definition) is 26. The van der Waals surface area contributed by atoms with Gasteiger partial charge < -0.3 is 157 Å². The van der Waals surface area contributed by atoms with Gasteiger partial charge in [-0.05, 0) is 132 Å². The average Bonchev–Trinajstić information content (AvgIpc) is 1.65. The number of carboxylic acids is 1. The number of ether oxygens (including phenoxy) is 4. The number of unbranched alkanes of at least 4 members (excludes halogenated alkanes) is 2. The highest BCUT2D eigenvalue weighted by molar-refractivity contribution is 8.00. The number of urea groups is 1. The minimum atomic E-state index is -1.87. The number of carbonyl (C=O) groups is 18. The lowest BCUT2D eigenvalue weighted by molar-refractivity contribution is -0.139. The predicted octanol–water partition coefficient (Wildman–Crippen LogP) is -3.92. The van der Waals surface area contributed by atoms with Gasteiger partial charge in [-0.15, -0.1) is 0 Å². The topological polar surface area (TPSA) is 760 Å². The minimum absolute atomic E-state index is 0.0530. The van der Waals surface area contributed by atoms with E-state index in [1.165, 1.54) is 50.6 Å². The number of aromatic hydroxyl groups is 1. The van der Waals surface area contributed by atoms with Gasteiger partial charge in [0.1, 0.15) is 84.3 Å². The number of phenols is 1. The summed E-state index contributed by atoms with van der Waals surface area (Å²) in [5.74, 6) is -16.9. The summed E-state index contributed by atoms with van der Waals surface area (Å²) < 4.78 is 22.3. The quantitative estimate of drug-likeness (QED) is 0.0131. The molecule has 0 unspecified atom stereocenters. The molecule has 2 aliphatic heterocycles. The van der Waals surface area contributed by atoms with Crippen LogP contribution in [0.2, 0.25) is 0 Å². The Balaban J connectivity index is 1.00. The van der Waals surface area contributed by atoms with Gasteiger partial charge in [0.2, 0.25) is 94.5 Å². The van der Waals surface area contributed by atoms with Crippen LogP contribution in [0.25, 0.3) is 10.9 Å². The Labute approximate surface area is 861 Å². The smallest absolute Gasteiger partial charge is 0.315 e. The number of nitrogens with zero attached hydrogens (tertiary/aromatic N) is 1. The molecule has 0 radical (unpaired) electrons. The molecule has 18 amide bonds. The van der Waals surface area contributed by atoms with Crippen LogP contribution in [0.15, 0.2) is 97.6 Å². The second-order valence-corrected chi connectivity index (χ2v) is 38.5. The molecule has 2 aliphatic rings. The Bertz CT molecular complexity index is 5160. The van der Waals surface area contributed by atoms with Crippen molar-refractivity contribution in [1.29, 1.82) is 0 Å². The SMILES string of the molecule is CC(C)C[C@H](NC(=O)CCOCCOCCOCCOCCNC(=O)CCCC[C@@H]1SC[C@@H]2NC(=O)N[C@@H]21)C(=O)N[C@H](C(=O)N[C@@H](Cc1ccccc1)C(=O)N[C@@H](CCC(N)=O)C(=O)N[C@@H](Cc1c[nH]cn1)C(=O)N[C@@H](Cc1ccc(O)cc1)C(=O)N[C@@H](Cc1c[nH]c2ccccc12)C(=O)N[C@@H](C)C(=O)N[C@@H](CCC(=O)O)C(=O)N[C@@H](CC(C)C)C(=O)N[C@H](C(=O)N[C@@H](CO)C(=O)N[C@@H](CCCCN)C(N)=O)[C@@H](C)O)[C@@H](C)O. The second kappa shape index (κ2) is 63.9. The van der Waals surface area contributed by atoms with Crippen LogP contribution < -0.4 is 102 Å². The number of fused-ring (bicyclic) bond motifs is 2. The summed E-state index contributed by atoms with van der Waals surface area (Å²) in [7, 11) is 0. The Kier molecular flexibility index (Phi) is 52.4. The minimum Gasteiger partial charge on any atom is -0.508 e. The van der Waals surface area contributed by atoms with Gasteiger partial charge in [0.15, 0.2) is 0 Å². The molecule has 0 aliphatic carbocycles. The summed E-state index contributed by atoms with van der Waals surface area (Å²) in [4.78, 5) is 259. The lowest BCUT2D eigenvalue weighted by atomic mass is 10.0. The van der Waals surface area contributed by atoms with Crippen molar-refractivity contribution in [3.63, 3.8) is 0 Å². The summed E-state index contributed by atoms with van der Waals surface area (Å²) in [5.41, 5.74) is 18.6. The van der Waals surface area contributed by atoms with Gasteiger partial charge in [-0.3, -0.25) is 81.5 Å². The Morgan fingerprint density at radius 2 is 0.939 bits per heavy atom. The molecule has 5 aromatic rings. The second-order valence-electron chi connectivity index (χ2n) is 37.2. The number of carbonyl (C=O) groups excluding carboxylic acids is 17. The van der Waals surface area contributed by atoms with Crippen LogP contribution in [0.3, 0.4) is 0 Å². The Morgan fingerprint density at radius 1 is 0.459 bits per heavy atom. The number of nitrogens with one attached hydrogen (secondary N) is 18. The van der Waals surface area contributed by atoms with E-state index in [2.05, 4.69) is 100 Å². The van der Waals surface area contributed by atoms with Crippen molar-refractivity contribution in [3.05, 3.63) is 120 Å². The molecule has 0 spiro atoms. The molecule has 2 saturated heterocycles. The van der Waals surface area contributed by atoms with Crippen molar-refractivity contribution in [2.45, 2.75) is 272 Å². The van der Waals surface area contributed by atoms with Gasteiger partial charge in [-0.25, -0.2) is 9.78 Å². The van der Waals surface area contributed by atoms with E-state index in [0.29, 0.717) is 78.5 Å². The number of amides is 18. The highest BCUT2D eigenvalue weighted by atomic mass is 32.2. The maximum Gasteiger partial charge on any atom is 0.315 e. The first-order chi connectivity index (χ1) is 70.6. The third-order valence-electron chi connectivity index (χ3n) is 24.1. The number of phenolic OH excluding ortho intramolecular Hbond substituents is 1. The molecular weight excluding hydrogens is 1950 g/mol. The number of thioether (sulfide) groups is 1. The van der Waals surface area contributed by atoms with Crippen LogP contribution in [0.4, 0.5) is 4.79 Å². The average molecular weight is 2100 g/mol. The highest BCUT2D eigenvalue weighted by Crippen LogP contribution is 2.33. The van der Waals surface area contributed by atoms with Crippen LogP contribution in [-0.2, 0) is 126 Å². The lowest BCUT2D eigenvalue weighted by Gasteiger charge is -2.29. The number of nitrogens with two attached hydrogens (primary N) is 3. The van der Waals surface area contributed by atoms with Gasteiger partial charge in [0, 0.05) is 92.2 Å². The maximum absolute atomic E-state index is 15.4. The molecule has 49 nitrogen and oxygen atoms in total. The number of aliphatic hydroxyl groups excluding tert-OH is 3. The first-order valence-corrected chi connectivity index (χ1v) is 50.7. The first kappa shape index (κ1) is 121. The van der Waals surface area contributed by atoms with Crippen molar-refractivity contribution in [1.82, 2.24) is 100 Å². The summed E-state index contributed by atoms with van der Waals surface area (Å²) in [5, 5.41) is 94.8. The standard InChI is InChI=1S/C98H146N22O27S/c1-54(2)43-69(107-80(127)32-35-144-37-39-146-41-42-147-40-38-145-36-34-103-79(126)23-14-13-22-77-84-76(52-148-77)117-98(143)120-84)93(138)118-82(57(6)122)96(141)115-72(45-59-17-9-8-10-18-59)90(135)110-67(28-30-78(100)125)87(132)114-74(48-62-50-102-53-105-62)92(137)112-71(46-60-24-26-63(124)27-25-60)91(136)113-73(47-61-49-104-65-20-12-11-19-64(61)65)89(134)106-56(5)86(131)109-68(29-31-81(128)129)88(133)111-70(44-55(3)4)94(139)119-83(58(7)123)97(142)116-75(51-121)95(140)108-66(85(101)130)21-15-16-33-99/h8-12,17-20,24-27,49-50,53-58,66-77,82-84,104,121-124H,13-16,21-23,28-48,51-52,99H2,1-7H3,(H2,100,125)(H2,101,130)(H,102,105)(H,103,126)(H,106,134)(H,107,127)(H,108,140)(H,109,131)(H,110,135)(H,111,133)(H,112,137)(H,113,136)(H,114,132)(H,115,141)(H,116,142)(H,118,138)(H,119,139)(H,128,129)(H2,117,120,143)/t56-,57+,58+,66-,67-,68-,69-,70-,71-,72-,73-,74-,75-,76-,77-,82-,83-,84-/m0/s1. The molecule has 50 heteroatoms. The van der Waals surface area contributed by atoms with Crippen molar-refractivity contribution in [3.8, 4) is 5.75 Å². The monoisotopic (exact) mass is 2100 g/mol. The van der Waals surface area contributed by atoms with E-state index in [1.807, 2.05) is 11.8 Å². The van der Waals surface area contributed by atoms with Gasteiger partial charge in [-0.2, -0.15) is 11.8 Å². The van der Waals surface area contributed by atoms with Crippen molar-refractivity contribution in [2.75, 3.05) is 78.3 Å².